The van der Waals surface area contributed by atoms with E-state index in [1.54, 1.807) is 12.1 Å². The summed E-state index contributed by atoms with van der Waals surface area (Å²) >= 11 is 12.3. The highest BCUT2D eigenvalue weighted by Crippen LogP contribution is 2.46. The Labute approximate surface area is 229 Å². The highest BCUT2D eigenvalue weighted by molar-refractivity contribution is 6.30. The lowest BCUT2D eigenvalue weighted by molar-refractivity contribution is 0.201. The minimum atomic E-state index is -0.908. The van der Waals surface area contributed by atoms with Gasteiger partial charge in [-0.15, -0.1) is 0 Å². The summed E-state index contributed by atoms with van der Waals surface area (Å²) in [6, 6.07) is 23.2. The largest absolute Gasteiger partial charge is 0.364 e. The van der Waals surface area contributed by atoms with Crippen molar-refractivity contribution in [3.8, 4) is 0 Å². The van der Waals surface area contributed by atoms with E-state index in [9.17, 15) is 17.6 Å². The fraction of sp³-hybridized carbons (Fsp3) is 0.226. The molecule has 1 fully saturated rings. The number of piperidine rings is 1. The minimum Gasteiger partial charge on any atom is -0.364 e. The third-order valence-electron chi connectivity index (χ3n) is 7.37. The van der Waals surface area contributed by atoms with E-state index < -0.39 is 28.7 Å². The predicted molar refractivity (Wildman–Crippen MR) is 145 cm³/mol. The summed E-state index contributed by atoms with van der Waals surface area (Å²) in [6.45, 7) is 0.542. The lowest BCUT2D eigenvalue weighted by atomic mass is 9.69. The van der Waals surface area contributed by atoms with Crippen LogP contribution in [-0.2, 0) is 12.8 Å². The van der Waals surface area contributed by atoms with Gasteiger partial charge in [-0.2, -0.15) is 0 Å². The zero-order chi connectivity index (χ0) is 26.9. The second kappa shape index (κ2) is 11.0. The summed E-state index contributed by atoms with van der Waals surface area (Å²) in [5.41, 5.74) is 2.87. The Morgan fingerprint density at radius 1 is 0.658 bits per heavy atom. The van der Waals surface area contributed by atoms with Crippen molar-refractivity contribution in [1.82, 2.24) is 0 Å². The Bertz CT molecular complexity index is 1370. The number of halogens is 6. The average Bonchev–Trinajstić information content (AvgIpc) is 2.90. The molecule has 1 saturated heterocycles. The second-order valence-electron chi connectivity index (χ2n) is 10.1. The van der Waals surface area contributed by atoms with Gasteiger partial charge >= 0.3 is 0 Å². The first-order valence-corrected chi connectivity index (χ1v) is 13.1. The van der Waals surface area contributed by atoms with Crippen LogP contribution in [0.3, 0.4) is 0 Å². The van der Waals surface area contributed by atoms with Crippen LogP contribution in [0.25, 0.3) is 0 Å². The van der Waals surface area contributed by atoms with Gasteiger partial charge in [-0.25, -0.2) is 17.6 Å². The molecule has 1 heterocycles. The van der Waals surface area contributed by atoms with Gasteiger partial charge in [0.25, 0.3) is 0 Å². The third kappa shape index (κ3) is 5.84. The van der Waals surface area contributed by atoms with Crippen LogP contribution in [0.1, 0.15) is 35.6 Å². The Kier molecular flexibility index (Phi) is 7.69. The van der Waals surface area contributed by atoms with E-state index in [2.05, 4.69) is 4.90 Å². The van der Waals surface area contributed by atoms with Crippen LogP contribution in [0.15, 0.2) is 84.9 Å². The molecule has 4 aromatic carbocycles. The third-order valence-corrected chi connectivity index (χ3v) is 7.87. The van der Waals surface area contributed by atoms with E-state index in [1.807, 2.05) is 48.5 Å². The maximum atomic E-state index is 14.2. The van der Waals surface area contributed by atoms with Gasteiger partial charge in [-0.1, -0.05) is 47.5 Å². The maximum Gasteiger partial charge on any atom is 0.159 e. The van der Waals surface area contributed by atoms with E-state index in [-0.39, 0.29) is 6.04 Å². The van der Waals surface area contributed by atoms with E-state index >= 15 is 0 Å². The molecule has 196 valence electrons. The van der Waals surface area contributed by atoms with Gasteiger partial charge in [-0.3, -0.25) is 0 Å². The molecule has 0 amide bonds. The summed E-state index contributed by atoms with van der Waals surface area (Å²) in [7, 11) is 0. The van der Waals surface area contributed by atoms with Crippen LogP contribution in [0.4, 0.5) is 23.2 Å². The van der Waals surface area contributed by atoms with Gasteiger partial charge in [0.05, 0.1) is 6.04 Å². The van der Waals surface area contributed by atoms with E-state index in [0.717, 1.165) is 36.2 Å². The first-order valence-electron chi connectivity index (χ1n) is 12.4. The van der Waals surface area contributed by atoms with Gasteiger partial charge in [0.2, 0.25) is 0 Å². The van der Waals surface area contributed by atoms with Crippen molar-refractivity contribution >= 4 is 28.9 Å². The van der Waals surface area contributed by atoms with Crippen molar-refractivity contribution in [1.29, 1.82) is 0 Å². The SMILES string of the molecule is Fc1ccc(CC2(Cc3ccc(F)c(F)c3)CC[C@@H](c3ccc(Cl)cc3)N(c3ccc(Cl)cc3)C2)cc1F. The summed E-state index contributed by atoms with van der Waals surface area (Å²) in [5, 5.41) is 1.26. The topological polar surface area (TPSA) is 3.24 Å². The van der Waals surface area contributed by atoms with E-state index in [1.165, 1.54) is 12.1 Å². The summed E-state index contributed by atoms with van der Waals surface area (Å²) in [4.78, 5) is 2.28. The molecular weight excluding hydrogens is 533 g/mol. The molecule has 0 saturated carbocycles. The molecule has 1 atom stereocenters. The van der Waals surface area contributed by atoms with Crippen molar-refractivity contribution in [3.05, 3.63) is 135 Å². The van der Waals surface area contributed by atoms with Gasteiger partial charge < -0.3 is 4.90 Å². The quantitative estimate of drug-likeness (QED) is 0.213. The Hall–Kier alpha value is -3.02. The molecule has 0 N–H and O–H groups in total. The molecule has 1 nitrogen and oxygen atoms in total. The molecule has 0 aromatic heterocycles. The Morgan fingerprint density at radius 3 is 1.66 bits per heavy atom. The molecular formula is C31H25Cl2F4N. The van der Waals surface area contributed by atoms with Crippen molar-refractivity contribution in [2.75, 3.05) is 11.4 Å². The first kappa shape index (κ1) is 26.6. The Balaban J connectivity index is 1.57. The lowest BCUT2D eigenvalue weighted by Crippen LogP contribution is -2.47. The number of anilines is 1. The monoisotopic (exact) mass is 557 g/mol. The number of hydrogen-bond acceptors (Lipinski definition) is 1. The second-order valence-corrected chi connectivity index (χ2v) is 10.9. The smallest absolute Gasteiger partial charge is 0.159 e. The summed E-state index contributed by atoms with van der Waals surface area (Å²) < 4.78 is 55.8. The normalized spacial score (nSPS) is 17.0. The zero-order valence-electron chi connectivity index (χ0n) is 20.4. The standard InChI is InChI=1S/C31H25Cl2F4N/c32-23-5-3-22(4-6-23)30-13-14-31(17-20-1-11-26(34)28(36)15-20,18-21-2-12-27(35)29(37)16-21)19-38(30)25-9-7-24(33)8-10-25/h1-12,15-16,30H,13-14,17-19H2/t30-/m0/s1. The highest BCUT2D eigenvalue weighted by atomic mass is 35.5. The lowest BCUT2D eigenvalue weighted by Gasteiger charge is -2.49. The van der Waals surface area contributed by atoms with Crippen LogP contribution in [0.5, 0.6) is 0 Å². The van der Waals surface area contributed by atoms with Gasteiger partial charge in [0.1, 0.15) is 0 Å². The molecule has 5 rings (SSSR count). The minimum absolute atomic E-state index is 0.0245. The predicted octanol–water partition coefficient (Wildman–Crippen LogP) is 9.36. The average molecular weight is 558 g/mol. The van der Waals surface area contributed by atoms with Gasteiger partial charge in [-0.05, 0) is 108 Å². The van der Waals surface area contributed by atoms with Gasteiger partial charge in [0, 0.05) is 22.3 Å². The van der Waals surface area contributed by atoms with Crippen molar-refractivity contribution in [3.63, 3.8) is 0 Å². The van der Waals surface area contributed by atoms with Crippen LogP contribution >= 0.6 is 23.2 Å². The molecule has 7 heteroatoms. The van der Waals surface area contributed by atoms with Crippen LogP contribution in [-0.4, -0.2) is 6.54 Å². The molecule has 0 spiro atoms. The highest BCUT2D eigenvalue weighted by Gasteiger charge is 2.41. The molecule has 1 aliphatic rings. The molecule has 38 heavy (non-hydrogen) atoms. The molecule has 1 aliphatic heterocycles. The van der Waals surface area contributed by atoms with Crippen molar-refractivity contribution < 1.29 is 17.6 Å². The number of hydrogen-bond donors (Lipinski definition) is 0. The fourth-order valence-corrected chi connectivity index (χ4v) is 5.85. The van der Waals surface area contributed by atoms with Crippen LogP contribution in [0.2, 0.25) is 10.0 Å². The van der Waals surface area contributed by atoms with Gasteiger partial charge in [0.15, 0.2) is 23.3 Å². The molecule has 4 aromatic rings. The van der Waals surface area contributed by atoms with Crippen LogP contribution in [0, 0.1) is 28.7 Å². The zero-order valence-corrected chi connectivity index (χ0v) is 21.9. The first-order chi connectivity index (χ1) is 18.2. The number of nitrogens with zero attached hydrogens (tertiary/aromatic N) is 1. The van der Waals surface area contributed by atoms with E-state index in [4.69, 9.17) is 23.2 Å². The number of rotatable bonds is 6. The summed E-state index contributed by atoms with van der Waals surface area (Å²) in [6.07, 6.45) is 2.33. The van der Waals surface area contributed by atoms with Crippen LogP contribution < -0.4 is 4.90 Å². The fourth-order valence-electron chi connectivity index (χ4n) is 5.60. The molecule has 0 unspecified atom stereocenters. The maximum absolute atomic E-state index is 14.2. The van der Waals surface area contributed by atoms with E-state index in [0.29, 0.717) is 40.6 Å². The van der Waals surface area contributed by atoms with Crippen molar-refractivity contribution in [2.45, 2.75) is 31.7 Å². The summed E-state index contributed by atoms with van der Waals surface area (Å²) in [5.74, 6) is -3.62. The molecule has 0 radical (unpaired) electrons. The molecule has 0 bridgehead atoms. The van der Waals surface area contributed by atoms with Crippen molar-refractivity contribution in [2.24, 2.45) is 5.41 Å². The number of benzene rings is 4. The Morgan fingerprint density at radius 2 is 1.16 bits per heavy atom. The molecule has 0 aliphatic carbocycles.